The Morgan fingerprint density at radius 2 is 1.69 bits per heavy atom. The molecule has 0 bridgehead atoms. The van der Waals surface area contributed by atoms with E-state index in [2.05, 4.69) is 29.6 Å². The van der Waals surface area contributed by atoms with E-state index >= 15 is 0 Å². The van der Waals surface area contributed by atoms with Gasteiger partial charge in [0, 0.05) is 12.0 Å². The lowest BCUT2D eigenvalue weighted by Gasteiger charge is -2.47. The lowest BCUT2D eigenvalue weighted by atomic mass is 9.83. The standard InChI is InChI=1S/C21H20N2O3/c24-20-11-23(19-10-9-18(19)22-20)21(25)26-12-17-15-7-3-1-5-13(15)14-6-2-4-8-16(14)17/h1-8,17-19H,9-12H2,(H,22,24). The highest BCUT2D eigenvalue weighted by Gasteiger charge is 2.44. The van der Waals surface area contributed by atoms with E-state index in [4.69, 9.17) is 4.74 Å². The summed E-state index contributed by atoms with van der Waals surface area (Å²) in [4.78, 5) is 26.0. The van der Waals surface area contributed by atoms with Crippen LogP contribution in [0.15, 0.2) is 48.5 Å². The molecule has 2 aromatic rings. The molecule has 0 spiro atoms. The SMILES string of the molecule is O=C1CN(C(=O)OCC2c3ccccc3-c3ccccc32)C2CCC2N1. The van der Waals surface area contributed by atoms with E-state index in [-0.39, 0.29) is 36.5 Å². The highest BCUT2D eigenvalue weighted by atomic mass is 16.6. The lowest BCUT2D eigenvalue weighted by molar-refractivity contribution is -0.129. The van der Waals surface area contributed by atoms with E-state index in [1.54, 1.807) is 4.90 Å². The molecule has 1 heterocycles. The van der Waals surface area contributed by atoms with E-state index in [0.29, 0.717) is 6.61 Å². The van der Waals surface area contributed by atoms with Crippen LogP contribution >= 0.6 is 0 Å². The molecule has 0 aromatic heterocycles. The maximum atomic E-state index is 12.6. The first-order chi connectivity index (χ1) is 12.7. The maximum Gasteiger partial charge on any atom is 0.410 e. The molecule has 2 amide bonds. The van der Waals surface area contributed by atoms with Crippen LogP contribution in [0.25, 0.3) is 11.1 Å². The highest BCUT2D eigenvalue weighted by molar-refractivity contribution is 5.85. The smallest absolute Gasteiger partial charge is 0.410 e. The first-order valence-corrected chi connectivity index (χ1v) is 9.13. The topological polar surface area (TPSA) is 58.6 Å². The molecular weight excluding hydrogens is 328 g/mol. The minimum Gasteiger partial charge on any atom is -0.448 e. The number of rotatable bonds is 2. The quantitative estimate of drug-likeness (QED) is 0.908. The molecule has 5 rings (SSSR count). The van der Waals surface area contributed by atoms with Crippen LogP contribution in [0.3, 0.4) is 0 Å². The van der Waals surface area contributed by atoms with Crippen LogP contribution in [0.4, 0.5) is 4.79 Å². The van der Waals surface area contributed by atoms with Crippen molar-refractivity contribution in [2.75, 3.05) is 13.2 Å². The molecule has 3 aliphatic rings. The van der Waals surface area contributed by atoms with Crippen molar-refractivity contribution in [3.8, 4) is 11.1 Å². The first-order valence-electron chi connectivity index (χ1n) is 9.13. The summed E-state index contributed by atoms with van der Waals surface area (Å²) in [5.74, 6) is -0.0541. The molecule has 26 heavy (non-hydrogen) atoms. The summed E-state index contributed by atoms with van der Waals surface area (Å²) in [5.41, 5.74) is 4.81. The van der Waals surface area contributed by atoms with Gasteiger partial charge in [-0.15, -0.1) is 0 Å². The van der Waals surface area contributed by atoms with Gasteiger partial charge in [-0.1, -0.05) is 48.5 Å². The number of hydrogen-bond acceptors (Lipinski definition) is 3. The molecule has 2 atom stereocenters. The zero-order valence-electron chi connectivity index (χ0n) is 14.4. The van der Waals surface area contributed by atoms with E-state index in [1.165, 1.54) is 22.3 Å². The molecule has 1 N–H and O–H groups in total. The lowest BCUT2D eigenvalue weighted by Crippen LogP contribution is -2.66. The predicted octanol–water partition coefficient (Wildman–Crippen LogP) is 2.90. The summed E-state index contributed by atoms with van der Waals surface area (Å²) in [6, 6.07) is 16.7. The second kappa shape index (κ2) is 5.87. The average Bonchev–Trinajstić information content (AvgIpc) is 2.96. The molecule has 1 saturated carbocycles. The Morgan fingerprint density at radius 1 is 1.04 bits per heavy atom. The van der Waals surface area contributed by atoms with Gasteiger partial charge in [0.05, 0.1) is 6.04 Å². The molecule has 5 heteroatoms. The summed E-state index contributed by atoms with van der Waals surface area (Å²) in [6.45, 7) is 0.389. The normalized spacial score (nSPS) is 23.4. The predicted molar refractivity (Wildman–Crippen MR) is 96.7 cm³/mol. The Morgan fingerprint density at radius 3 is 2.31 bits per heavy atom. The van der Waals surface area contributed by atoms with Crippen LogP contribution in [-0.4, -0.2) is 42.1 Å². The summed E-state index contributed by atoms with van der Waals surface area (Å²) in [6.07, 6.45) is 1.48. The number of nitrogens with one attached hydrogen (secondary N) is 1. The second-order valence-corrected chi connectivity index (χ2v) is 7.25. The number of piperazine rings is 1. The Kier molecular flexibility index (Phi) is 3.48. The molecule has 2 aromatic carbocycles. The fourth-order valence-electron chi connectivity index (χ4n) is 4.43. The second-order valence-electron chi connectivity index (χ2n) is 7.25. The zero-order chi connectivity index (χ0) is 17.7. The summed E-state index contributed by atoms with van der Waals surface area (Å²) < 4.78 is 5.69. The Bertz CT molecular complexity index is 849. The van der Waals surface area contributed by atoms with Gasteiger partial charge in [0.15, 0.2) is 0 Å². The third kappa shape index (κ3) is 2.30. The van der Waals surface area contributed by atoms with Gasteiger partial charge in [-0.25, -0.2) is 4.79 Å². The van der Waals surface area contributed by atoms with Crippen molar-refractivity contribution in [3.63, 3.8) is 0 Å². The number of ether oxygens (including phenoxy) is 1. The number of nitrogens with zero attached hydrogens (tertiary/aromatic N) is 1. The molecule has 1 saturated heterocycles. The van der Waals surface area contributed by atoms with Gasteiger partial charge in [-0.3, -0.25) is 9.69 Å². The van der Waals surface area contributed by atoms with Gasteiger partial charge in [0.1, 0.15) is 13.2 Å². The molecule has 5 nitrogen and oxygen atoms in total. The molecule has 2 fully saturated rings. The van der Waals surface area contributed by atoms with Crippen molar-refractivity contribution < 1.29 is 14.3 Å². The molecule has 132 valence electrons. The largest absolute Gasteiger partial charge is 0.448 e. The van der Waals surface area contributed by atoms with Crippen molar-refractivity contribution in [1.29, 1.82) is 0 Å². The number of fused-ring (bicyclic) bond motifs is 4. The van der Waals surface area contributed by atoms with Crippen LogP contribution in [-0.2, 0) is 9.53 Å². The van der Waals surface area contributed by atoms with E-state index < -0.39 is 0 Å². The Balaban J connectivity index is 1.35. The number of hydrogen-bond donors (Lipinski definition) is 1. The van der Waals surface area contributed by atoms with E-state index in [0.717, 1.165) is 12.8 Å². The molecule has 1 aliphatic heterocycles. The fraction of sp³-hybridized carbons (Fsp3) is 0.333. The van der Waals surface area contributed by atoms with Gasteiger partial charge in [0.2, 0.25) is 5.91 Å². The highest BCUT2D eigenvalue weighted by Crippen LogP contribution is 2.44. The summed E-state index contributed by atoms with van der Waals surface area (Å²) in [7, 11) is 0. The average molecular weight is 348 g/mol. The number of carbonyl (C=O) groups is 2. The van der Waals surface area contributed by atoms with Crippen molar-refractivity contribution in [3.05, 3.63) is 59.7 Å². The molecular formula is C21H20N2O3. The fourth-order valence-corrected chi connectivity index (χ4v) is 4.43. The minimum atomic E-state index is -0.378. The van der Waals surface area contributed by atoms with Gasteiger partial charge >= 0.3 is 6.09 Å². The monoisotopic (exact) mass is 348 g/mol. The van der Waals surface area contributed by atoms with Crippen LogP contribution in [0, 0.1) is 0 Å². The zero-order valence-corrected chi connectivity index (χ0v) is 14.4. The van der Waals surface area contributed by atoms with Crippen LogP contribution in [0.5, 0.6) is 0 Å². The number of carbonyl (C=O) groups excluding carboxylic acids is 2. The van der Waals surface area contributed by atoms with Gasteiger partial charge in [-0.05, 0) is 35.1 Å². The van der Waals surface area contributed by atoms with E-state index in [9.17, 15) is 9.59 Å². The Labute approximate surface area is 152 Å². The van der Waals surface area contributed by atoms with E-state index in [1.807, 2.05) is 24.3 Å². The van der Waals surface area contributed by atoms with Crippen molar-refractivity contribution in [2.24, 2.45) is 0 Å². The first kappa shape index (κ1) is 15.4. The summed E-state index contributed by atoms with van der Waals surface area (Å²) >= 11 is 0. The Hall–Kier alpha value is -2.82. The molecule has 2 unspecified atom stereocenters. The van der Waals surface area contributed by atoms with Crippen molar-refractivity contribution in [1.82, 2.24) is 10.2 Å². The van der Waals surface area contributed by atoms with Gasteiger partial charge in [0.25, 0.3) is 0 Å². The van der Waals surface area contributed by atoms with Crippen LogP contribution in [0.2, 0.25) is 0 Å². The maximum absolute atomic E-state index is 12.6. The number of amides is 2. The number of benzene rings is 2. The van der Waals surface area contributed by atoms with Crippen molar-refractivity contribution in [2.45, 2.75) is 30.8 Å². The van der Waals surface area contributed by atoms with Gasteiger partial charge in [-0.2, -0.15) is 0 Å². The van der Waals surface area contributed by atoms with Crippen molar-refractivity contribution >= 4 is 12.0 Å². The van der Waals surface area contributed by atoms with Crippen LogP contribution < -0.4 is 5.32 Å². The van der Waals surface area contributed by atoms with Gasteiger partial charge < -0.3 is 10.1 Å². The molecule has 0 radical (unpaired) electrons. The van der Waals surface area contributed by atoms with Crippen LogP contribution in [0.1, 0.15) is 29.9 Å². The summed E-state index contributed by atoms with van der Waals surface area (Å²) in [5, 5.41) is 2.94. The molecule has 2 aliphatic carbocycles. The third-order valence-electron chi connectivity index (χ3n) is 5.87. The third-order valence-corrected chi connectivity index (χ3v) is 5.87. The minimum absolute atomic E-state index is 0.0437.